The summed E-state index contributed by atoms with van der Waals surface area (Å²) in [5, 5.41) is 7.20. The number of hydrogen-bond donors (Lipinski definition) is 1. The Kier molecular flexibility index (Phi) is 2.86. The zero-order valence-electron chi connectivity index (χ0n) is 10.7. The lowest BCUT2D eigenvalue weighted by atomic mass is 9.91. The Morgan fingerprint density at radius 2 is 2.39 bits per heavy atom. The first kappa shape index (κ1) is 11.7. The van der Waals surface area contributed by atoms with Crippen molar-refractivity contribution in [1.29, 1.82) is 0 Å². The Morgan fingerprint density at radius 1 is 1.61 bits per heavy atom. The van der Waals surface area contributed by atoms with Gasteiger partial charge in [-0.15, -0.1) is 0 Å². The summed E-state index contributed by atoms with van der Waals surface area (Å²) in [7, 11) is 1.85. The molecule has 2 heterocycles. The van der Waals surface area contributed by atoms with E-state index in [0.29, 0.717) is 12.0 Å². The SMILES string of the molecule is CN(Cc1ccon1)C(=O)C1CC12CCNCC2. The third-order valence-corrected chi connectivity index (χ3v) is 4.35. The fourth-order valence-electron chi connectivity index (χ4n) is 3.08. The van der Waals surface area contributed by atoms with Gasteiger partial charge in [0.05, 0.1) is 6.54 Å². The maximum Gasteiger partial charge on any atom is 0.226 e. The maximum absolute atomic E-state index is 12.4. The van der Waals surface area contributed by atoms with Gasteiger partial charge in [0, 0.05) is 19.0 Å². The second-order valence-corrected chi connectivity index (χ2v) is 5.55. The molecule has 0 aromatic carbocycles. The normalized spacial score (nSPS) is 25.1. The van der Waals surface area contributed by atoms with E-state index < -0.39 is 0 Å². The van der Waals surface area contributed by atoms with Crippen molar-refractivity contribution in [3.8, 4) is 0 Å². The van der Waals surface area contributed by atoms with Gasteiger partial charge in [-0.3, -0.25) is 4.79 Å². The van der Waals surface area contributed by atoms with Crippen molar-refractivity contribution in [2.75, 3.05) is 20.1 Å². The van der Waals surface area contributed by atoms with Crippen LogP contribution in [-0.2, 0) is 11.3 Å². The van der Waals surface area contributed by atoms with Gasteiger partial charge >= 0.3 is 0 Å². The van der Waals surface area contributed by atoms with Gasteiger partial charge in [0.25, 0.3) is 0 Å². The molecule has 1 spiro atoms. The van der Waals surface area contributed by atoms with Crippen LogP contribution in [0.2, 0.25) is 0 Å². The summed E-state index contributed by atoms with van der Waals surface area (Å²) in [6.45, 7) is 2.65. The van der Waals surface area contributed by atoms with Crippen molar-refractivity contribution in [3.63, 3.8) is 0 Å². The van der Waals surface area contributed by atoms with Crippen LogP contribution < -0.4 is 5.32 Å². The standard InChI is InChI=1S/C13H19N3O2/c1-16(9-10-2-7-18-15-10)12(17)11-8-13(11)3-5-14-6-4-13/h2,7,11,14H,3-6,8-9H2,1H3. The molecule has 1 N–H and O–H groups in total. The smallest absolute Gasteiger partial charge is 0.226 e. The van der Waals surface area contributed by atoms with Gasteiger partial charge in [-0.2, -0.15) is 0 Å². The average Bonchev–Trinajstić information content (AvgIpc) is 2.84. The fraction of sp³-hybridized carbons (Fsp3) is 0.692. The lowest BCUT2D eigenvalue weighted by Gasteiger charge is -2.24. The molecule has 1 saturated carbocycles. The number of piperidine rings is 1. The molecule has 1 aromatic heterocycles. The van der Waals surface area contributed by atoms with Crippen LogP contribution in [0, 0.1) is 11.3 Å². The van der Waals surface area contributed by atoms with Crippen molar-refractivity contribution in [1.82, 2.24) is 15.4 Å². The molecule has 1 aliphatic heterocycles. The predicted molar refractivity (Wildman–Crippen MR) is 65.6 cm³/mol. The largest absolute Gasteiger partial charge is 0.364 e. The Hall–Kier alpha value is -1.36. The summed E-state index contributed by atoms with van der Waals surface area (Å²) >= 11 is 0. The number of nitrogens with zero attached hydrogens (tertiary/aromatic N) is 2. The number of amides is 1. The Bertz CT molecular complexity index is 423. The number of carbonyl (C=O) groups excluding carboxylic acids is 1. The monoisotopic (exact) mass is 249 g/mol. The van der Waals surface area contributed by atoms with Gasteiger partial charge in [0.1, 0.15) is 12.0 Å². The highest BCUT2D eigenvalue weighted by atomic mass is 16.5. The molecule has 18 heavy (non-hydrogen) atoms. The van der Waals surface area contributed by atoms with Crippen LogP contribution in [0.3, 0.4) is 0 Å². The van der Waals surface area contributed by atoms with E-state index in [1.165, 1.54) is 0 Å². The van der Waals surface area contributed by atoms with Gasteiger partial charge in [-0.25, -0.2) is 0 Å². The molecular formula is C13H19N3O2. The van der Waals surface area contributed by atoms with E-state index in [1.54, 1.807) is 17.2 Å². The lowest BCUT2D eigenvalue weighted by molar-refractivity contribution is -0.132. The predicted octanol–water partition coefficient (Wildman–Crippen LogP) is 1.02. The van der Waals surface area contributed by atoms with Crippen molar-refractivity contribution in [2.45, 2.75) is 25.8 Å². The van der Waals surface area contributed by atoms with E-state index in [9.17, 15) is 4.79 Å². The minimum Gasteiger partial charge on any atom is -0.364 e. The number of hydrogen-bond acceptors (Lipinski definition) is 4. The van der Waals surface area contributed by atoms with Crippen LogP contribution in [0.15, 0.2) is 16.9 Å². The molecule has 3 rings (SSSR count). The maximum atomic E-state index is 12.4. The topological polar surface area (TPSA) is 58.4 Å². The highest BCUT2D eigenvalue weighted by Gasteiger charge is 2.58. The molecule has 1 amide bonds. The minimum absolute atomic E-state index is 0.233. The van der Waals surface area contributed by atoms with Crippen LogP contribution in [0.25, 0.3) is 0 Å². The zero-order chi connectivity index (χ0) is 12.6. The summed E-state index contributed by atoms with van der Waals surface area (Å²) in [6, 6.07) is 1.80. The van der Waals surface area contributed by atoms with Crippen LogP contribution in [-0.4, -0.2) is 36.1 Å². The molecule has 2 aliphatic rings. The summed E-state index contributed by atoms with van der Waals surface area (Å²) in [5.74, 6) is 0.497. The molecule has 1 unspecified atom stereocenters. The van der Waals surface area contributed by atoms with Crippen LogP contribution in [0.4, 0.5) is 0 Å². The van der Waals surface area contributed by atoms with Crippen LogP contribution >= 0.6 is 0 Å². The number of carbonyl (C=O) groups is 1. The molecule has 0 radical (unpaired) electrons. The van der Waals surface area contributed by atoms with E-state index in [4.69, 9.17) is 4.52 Å². The molecule has 1 saturated heterocycles. The first-order chi connectivity index (χ1) is 8.71. The van der Waals surface area contributed by atoms with Gasteiger partial charge in [0.2, 0.25) is 5.91 Å². The molecular weight excluding hydrogens is 230 g/mol. The number of nitrogens with one attached hydrogen (secondary N) is 1. The minimum atomic E-state index is 0.233. The van der Waals surface area contributed by atoms with E-state index in [0.717, 1.165) is 38.0 Å². The molecule has 2 fully saturated rings. The van der Waals surface area contributed by atoms with Gasteiger partial charge < -0.3 is 14.7 Å². The molecule has 1 aliphatic carbocycles. The quantitative estimate of drug-likeness (QED) is 0.869. The van der Waals surface area contributed by atoms with Crippen molar-refractivity contribution in [2.24, 2.45) is 11.3 Å². The number of aromatic nitrogens is 1. The summed E-state index contributed by atoms with van der Waals surface area (Å²) in [6.07, 6.45) is 4.89. The van der Waals surface area contributed by atoms with E-state index >= 15 is 0 Å². The third-order valence-electron chi connectivity index (χ3n) is 4.35. The van der Waals surface area contributed by atoms with Gasteiger partial charge in [-0.1, -0.05) is 5.16 Å². The molecule has 5 heteroatoms. The lowest BCUT2D eigenvalue weighted by Crippen LogP contribution is -2.34. The Morgan fingerprint density at radius 3 is 3.06 bits per heavy atom. The second kappa shape index (κ2) is 4.39. The van der Waals surface area contributed by atoms with Crippen molar-refractivity contribution in [3.05, 3.63) is 18.0 Å². The summed E-state index contributed by atoms with van der Waals surface area (Å²) in [4.78, 5) is 14.1. The van der Waals surface area contributed by atoms with Gasteiger partial charge in [-0.05, 0) is 37.8 Å². The van der Waals surface area contributed by atoms with Crippen LogP contribution in [0.1, 0.15) is 25.0 Å². The Balaban J connectivity index is 1.58. The third kappa shape index (κ3) is 2.03. The molecule has 5 nitrogen and oxygen atoms in total. The van der Waals surface area contributed by atoms with Gasteiger partial charge in [0.15, 0.2) is 0 Å². The first-order valence-electron chi connectivity index (χ1n) is 6.56. The van der Waals surface area contributed by atoms with E-state index in [-0.39, 0.29) is 11.8 Å². The molecule has 1 aromatic rings. The fourth-order valence-corrected chi connectivity index (χ4v) is 3.08. The second-order valence-electron chi connectivity index (χ2n) is 5.55. The van der Waals surface area contributed by atoms with E-state index in [1.807, 2.05) is 7.05 Å². The van der Waals surface area contributed by atoms with Crippen molar-refractivity contribution >= 4 is 5.91 Å². The highest BCUT2D eigenvalue weighted by Crippen LogP contribution is 2.59. The van der Waals surface area contributed by atoms with Crippen LogP contribution in [0.5, 0.6) is 0 Å². The highest BCUT2D eigenvalue weighted by molar-refractivity contribution is 5.82. The first-order valence-corrected chi connectivity index (χ1v) is 6.56. The Labute approximate surface area is 107 Å². The average molecular weight is 249 g/mol. The zero-order valence-corrected chi connectivity index (χ0v) is 10.7. The van der Waals surface area contributed by atoms with Crippen molar-refractivity contribution < 1.29 is 9.32 Å². The van der Waals surface area contributed by atoms with E-state index in [2.05, 4.69) is 10.5 Å². The number of rotatable bonds is 3. The molecule has 1 atom stereocenters. The summed E-state index contributed by atoms with van der Waals surface area (Å²) < 4.78 is 4.78. The summed E-state index contributed by atoms with van der Waals surface area (Å²) in [5.41, 5.74) is 1.12. The molecule has 98 valence electrons. The molecule has 0 bridgehead atoms.